The quantitative estimate of drug-likeness (QED) is 0.717. The van der Waals surface area contributed by atoms with Gasteiger partial charge >= 0.3 is 0 Å². The van der Waals surface area contributed by atoms with E-state index in [9.17, 15) is 13.2 Å². The topological polar surface area (TPSA) is 103 Å². The molecular weight excluding hydrogens is 423 g/mol. The van der Waals surface area contributed by atoms with E-state index in [1.54, 1.807) is 12.1 Å². The molecule has 0 radical (unpaired) electrons. The van der Waals surface area contributed by atoms with E-state index < -0.39 is 10.0 Å². The second-order valence-corrected chi connectivity index (χ2v) is 9.52. The number of allylic oxidation sites excluding steroid dienone is 1. The zero-order valence-corrected chi connectivity index (χ0v) is 17.3. The summed E-state index contributed by atoms with van der Waals surface area (Å²) in [4.78, 5) is 20.0. The van der Waals surface area contributed by atoms with E-state index in [1.807, 2.05) is 13.8 Å². The zero-order chi connectivity index (χ0) is 20.5. The van der Waals surface area contributed by atoms with Crippen LogP contribution in [0.4, 0.5) is 11.6 Å². The third-order valence-corrected chi connectivity index (χ3v) is 6.20. The van der Waals surface area contributed by atoms with Crippen molar-refractivity contribution in [2.45, 2.75) is 18.7 Å². The van der Waals surface area contributed by atoms with Crippen molar-refractivity contribution in [3.8, 4) is 0 Å². The predicted molar refractivity (Wildman–Crippen MR) is 108 cm³/mol. The number of nitrogens with zero attached hydrogens (tertiary/aromatic N) is 3. The molecule has 0 bridgehead atoms. The molecule has 3 rings (SSSR count). The molecule has 2 unspecified atom stereocenters. The van der Waals surface area contributed by atoms with Gasteiger partial charge in [0.15, 0.2) is 0 Å². The number of carbonyl (C=O) groups is 1. The fourth-order valence-electron chi connectivity index (χ4n) is 3.05. The Morgan fingerprint density at radius 1 is 1.18 bits per heavy atom. The maximum atomic E-state index is 12.5. The van der Waals surface area contributed by atoms with Gasteiger partial charge in [0, 0.05) is 11.6 Å². The number of nitrogens with one attached hydrogen (secondary N) is 1. The van der Waals surface area contributed by atoms with Crippen LogP contribution in [-0.2, 0) is 14.8 Å². The third-order valence-electron chi connectivity index (χ3n) is 4.67. The number of rotatable bonds is 6. The SMILES string of the molecule is CC1(C)C(C=C(Cl)Cl)C1C(=O)Nc1ccc(S(=O)(=O)[N-]c2ncccn2)cc1. The van der Waals surface area contributed by atoms with Crippen LogP contribution in [0.25, 0.3) is 4.72 Å². The van der Waals surface area contributed by atoms with Gasteiger partial charge in [-0.3, -0.25) is 9.52 Å². The standard InChI is InChI=1S/C18H18Cl2N4O3S/c1-18(2)13(10-14(19)20)15(18)16(25)23-11-4-6-12(7-5-11)28(26,27)24-17-21-8-3-9-22-17/h3-10,13,15H,1-2H3,(H2,21,22,23,24,25)/p-1. The van der Waals surface area contributed by atoms with Gasteiger partial charge in [-0.25, -0.2) is 8.42 Å². The third kappa shape index (κ3) is 4.45. The summed E-state index contributed by atoms with van der Waals surface area (Å²) in [6.07, 6.45) is 4.47. The minimum absolute atomic E-state index is 0.0283. The molecule has 148 valence electrons. The highest BCUT2D eigenvalue weighted by Crippen LogP contribution is 2.60. The molecule has 2 atom stereocenters. The van der Waals surface area contributed by atoms with Crippen molar-refractivity contribution in [2.24, 2.45) is 17.3 Å². The van der Waals surface area contributed by atoms with Crippen molar-refractivity contribution in [1.29, 1.82) is 0 Å². The first-order chi connectivity index (χ1) is 13.1. The molecule has 7 nitrogen and oxygen atoms in total. The average Bonchev–Trinajstić information content (AvgIpc) is 3.15. The van der Waals surface area contributed by atoms with Crippen molar-refractivity contribution in [1.82, 2.24) is 9.97 Å². The van der Waals surface area contributed by atoms with E-state index >= 15 is 0 Å². The number of aromatic nitrogens is 2. The second-order valence-electron chi connectivity index (χ2n) is 6.91. The van der Waals surface area contributed by atoms with Crippen molar-refractivity contribution in [3.63, 3.8) is 0 Å². The van der Waals surface area contributed by atoms with Crippen molar-refractivity contribution in [2.75, 3.05) is 5.32 Å². The lowest BCUT2D eigenvalue weighted by molar-refractivity contribution is -0.118. The first kappa shape index (κ1) is 20.6. The molecule has 1 aromatic heterocycles. The largest absolute Gasteiger partial charge is 0.366 e. The van der Waals surface area contributed by atoms with E-state index in [4.69, 9.17) is 23.2 Å². The van der Waals surface area contributed by atoms with Gasteiger partial charge in [-0.15, -0.1) is 0 Å². The second kappa shape index (κ2) is 7.69. The van der Waals surface area contributed by atoms with E-state index in [-0.39, 0.29) is 38.5 Å². The number of halogens is 2. The normalized spacial score (nSPS) is 20.1. The summed E-state index contributed by atoms with van der Waals surface area (Å²) in [6.45, 7) is 3.91. The Labute approximate surface area is 173 Å². The molecule has 2 aromatic rings. The molecule has 28 heavy (non-hydrogen) atoms. The number of benzene rings is 1. The average molecular weight is 440 g/mol. The highest BCUT2D eigenvalue weighted by Gasteiger charge is 2.60. The first-order valence-corrected chi connectivity index (χ1v) is 10.5. The van der Waals surface area contributed by atoms with Gasteiger partial charge < -0.3 is 15.3 Å². The van der Waals surface area contributed by atoms with E-state index in [0.717, 1.165) is 0 Å². The molecule has 0 saturated heterocycles. The highest BCUT2D eigenvalue weighted by molar-refractivity contribution is 7.94. The van der Waals surface area contributed by atoms with Crippen LogP contribution in [0.5, 0.6) is 0 Å². The number of anilines is 1. The van der Waals surface area contributed by atoms with Crippen LogP contribution in [0, 0.1) is 17.3 Å². The Hall–Kier alpha value is -2.16. The van der Waals surface area contributed by atoms with Gasteiger partial charge in [-0.1, -0.05) is 43.1 Å². The Morgan fingerprint density at radius 3 is 2.36 bits per heavy atom. The monoisotopic (exact) mass is 439 g/mol. The first-order valence-electron chi connectivity index (χ1n) is 8.30. The molecule has 1 N–H and O–H groups in total. The van der Waals surface area contributed by atoms with Crippen molar-refractivity contribution in [3.05, 3.63) is 58.0 Å². The number of hydrogen-bond acceptors (Lipinski definition) is 5. The fraction of sp³-hybridized carbons (Fsp3) is 0.278. The Balaban J connectivity index is 1.68. The molecule has 1 aromatic carbocycles. The van der Waals surface area contributed by atoms with Crippen LogP contribution in [-0.4, -0.2) is 24.3 Å². The Kier molecular flexibility index (Phi) is 5.65. The summed E-state index contributed by atoms with van der Waals surface area (Å²) >= 11 is 11.4. The summed E-state index contributed by atoms with van der Waals surface area (Å²) in [5.41, 5.74) is 0.221. The van der Waals surface area contributed by atoms with Gasteiger partial charge in [0.25, 0.3) is 0 Å². The number of carbonyl (C=O) groups excluding carboxylic acids is 1. The Bertz CT molecular complexity index is 1000. The molecule has 1 aliphatic carbocycles. The molecule has 0 aliphatic heterocycles. The maximum absolute atomic E-state index is 12.5. The molecule has 1 aliphatic rings. The summed E-state index contributed by atoms with van der Waals surface area (Å²) in [5, 5.41) is 2.79. The van der Waals surface area contributed by atoms with Gasteiger partial charge in [0.05, 0.1) is 10.8 Å². The maximum Gasteiger partial charge on any atom is 0.229 e. The van der Waals surface area contributed by atoms with Gasteiger partial charge in [0.1, 0.15) is 4.49 Å². The smallest absolute Gasteiger partial charge is 0.229 e. The van der Waals surface area contributed by atoms with Crippen LogP contribution in [0.3, 0.4) is 0 Å². The lowest BCUT2D eigenvalue weighted by atomic mass is 10.1. The van der Waals surface area contributed by atoms with Crippen LogP contribution in [0.1, 0.15) is 13.8 Å². The van der Waals surface area contributed by atoms with Crippen molar-refractivity contribution < 1.29 is 13.2 Å². The highest BCUT2D eigenvalue weighted by atomic mass is 35.5. The lowest BCUT2D eigenvalue weighted by Crippen LogP contribution is -2.16. The van der Waals surface area contributed by atoms with Gasteiger partial charge in [0.2, 0.25) is 15.9 Å². The zero-order valence-electron chi connectivity index (χ0n) is 15.0. The fourth-order valence-corrected chi connectivity index (χ4v) is 4.22. The van der Waals surface area contributed by atoms with Gasteiger partial charge in [-0.05, 0) is 54.1 Å². The molecule has 10 heteroatoms. The van der Waals surface area contributed by atoms with Crippen molar-refractivity contribution >= 4 is 50.8 Å². The van der Waals surface area contributed by atoms with Crippen LogP contribution in [0.15, 0.2) is 58.2 Å². The molecule has 1 fully saturated rings. The summed E-state index contributed by atoms with van der Waals surface area (Å²) < 4.78 is 28.3. The number of sulfonamides is 1. The minimum Gasteiger partial charge on any atom is -0.366 e. The number of hydrogen-bond donors (Lipinski definition) is 1. The molecular formula is C18H17Cl2N4O3S-. The van der Waals surface area contributed by atoms with Crippen LogP contribution in [0.2, 0.25) is 0 Å². The number of amides is 1. The summed E-state index contributed by atoms with van der Waals surface area (Å²) in [5.74, 6) is -0.651. The molecule has 1 heterocycles. The molecule has 1 amide bonds. The minimum atomic E-state index is -3.95. The van der Waals surface area contributed by atoms with E-state index in [0.29, 0.717) is 5.69 Å². The lowest BCUT2D eigenvalue weighted by Gasteiger charge is -2.12. The molecule has 0 spiro atoms. The summed E-state index contributed by atoms with van der Waals surface area (Å²) in [7, 11) is -3.95. The van der Waals surface area contributed by atoms with Crippen LogP contribution < -0.4 is 5.32 Å². The summed E-state index contributed by atoms with van der Waals surface area (Å²) in [6, 6.07) is 7.29. The Morgan fingerprint density at radius 2 is 1.79 bits per heavy atom. The molecule has 1 saturated carbocycles. The van der Waals surface area contributed by atoms with Crippen LogP contribution >= 0.6 is 23.2 Å². The van der Waals surface area contributed by atoms with E-state index in [2.05, 4.69) is 20.0 Å². The van der Waals surface area contributed by atoms with E-state index in [1.165, 1.54) is 36.7 Å². The predicted octanol–water partition coefficient (Wildman–Crippen LogP) is 4.40. The van der Waals surface area contributed by atoms with Gasteiger partial charge in [-0.2, -0.15) is 0 Å².